The molecule has 5 heteroatoms. The summed E-state index contributed by atoms with van der Waals surface area (Å²) in [7, 11) is 0. The van der Waals surface area contributed by atoms with Crippen molar-refractivity contribution in [2.75, 3.05) is 6.61 Å². The second-order valence-electron chi connectivity index (χ2n) is 8.74. The van der Waals surface area contributed by atoms with Gasteiger partial charge >= 0.3 is 5.97 Å². The van der Waals surface area contributed by atoms with Crippen LogP contribution in [0.25, 0.3) is 0 Å². The molecule has 138 valence electrons. The zero-order valence-electron chi connectivity index (χ0n) is 15.5. The lowest BCUT2D eigenvalue weighted by molar-refractivity contribution is -0.145. The summed E-state index contributed by atoms with van der Waals surface area (Å²) in [5.74, 6) is 0.00369. The highest BCUT2D eigenvalue weighted by atomic mass is 16.6. The van der Waals surface area contributed by atoms with Crippen LogP contribution in [-0.2, 0) is 14.3 Å². The van der Waals surface area contributed by atoms with E-state index in [1.165, 1.54) is 0 Å². The predicted octanol–water partition coefficient (Wildman–Crippen LogP) is 2.17. The van der Waals surface area contributed by atoms with Crippen molar-refractivity contribution in [1.29, 1.82) is 0 Å². The highest BCUT2D eigenvalue weighted by Crippen LogP contribution is 2.61. The molecular formula is C20H28O5. The van der Waals surface area contributed by atoms with E-state index in [0.717, 1.165) is 0 Å². The number of carbonyl (C=O) groups excluding carboxylic acids is 2. The Bertz CT molecular complexity index is 678. The van der Waals surface area contributed by atoms with E-state index in [0.29, 0.717) is 24.0 Å². The van der Waals surface area contributed by atoms with Crippen molar-refractivity contribution in [2.45, 2.75) is 58.7 Å². The third-order valence-corrected chi connectivity index (χ3v) is 7.00. The molecule has 1 aliphatic heterocycles. The fourth-order valence-corrected chi connectivity index (χ4v) is 5.38. The maximum atomic E-state index is 12.8. The van der Waals surface area contributed by atoms with Crippen molar-refractivity contribution in [3.8, 4) is 0 Å². The van der Waals surface area contributed by atoms with E-state index in [-0.39, 0.29) is 30.6 Å². The van der Waals surface area contributed by atoms with Crippen LogP contribution in [0.4, 0.5) is 0 Å². The van der Waals surface area contributed by atoms with Gasteiger partial charge in [-0.05, 0) is 29.9 Å². The van der Waals surface area contributed by atoms with Gasteiger partial charge in [0.05, 0.1) is 24.5 Å². The number of ketones is 1. The summed E-state index contributed by atoms with van der Waals surface area (Å²) in [5, 5.41) is 20.9. The smallest absolute Gasteiger partial charge is 0.307 e. The minimum atomic E-state index is -1.34. The Kier molecular flexibility index (Phi) is 4.05. The van der Waals surface area contributed by atoms with Gasteiger partial charge in [-0.25, -0.2) is 0 Å². The number of allylic oxidation sites excluding steroid dienone is 1. The van der Waals surface area contributed by atoms with Crippen LogP contribution in [-0.4, -0.2) is 40.3 Å². The van der Waals surface area contributed by atoms with Gasteiger partial charge < -0.3 is 14.9 Å². The normalized spacial score (nSPS) is 43.4. The molecular weight excluding hydrogens is 320 g/mol. The molecule has 2 aliphatic carbocycles. The van der Waals surface area contributed by atoms with Gasteiger partial charge in [0.1, 0.15) is 0 Å². The molecule has 3 rings (SSSR count). The second kappa shape index (κ2) is 5.52. The van der Waals surface area contributed by atoms with Crippen molar-refractivity contribution in [3.05, 3.63) is 23.8 Å². The molecule has 0 radical (unpaired) electrons. The Morgan fingerprint density at radius 2 is 2.04 bits per heavy atom. The molecule has 0 aromatic carbocycles. The number of ether oxygens (including phenoxy) is 1. The van der Waals surface area contributed by atoms with Crippen molar-refractivity contribution < 1.29 is 24.5 Å². The fraction of sp³-hybridized carbons (Fsp3) is 0.700. The molecule has 2 fully saturated rings. The van der Waals surface area contributed by atoms with E-state index in [1.54, 1.807) is 13.0 Å². The highest BCUT2D eigenvalue weighted by Gasteiger charge is 2.66. The van der Waals surface area contributed by atoms with Crippen molar-refractivity contribution in [3.63, 3.8) is 0 Å². The molecule has 1 saturated carbocycles. The summed E-state index contributed by atoms with van der Waals surface area (Å²) in [6.07, 6.45) is 1.71. The van der Waals surface area contributed by atoms with E-state index in [9.17, 15) is 19.8 Å². The maximum Gasteiger partial charge on any atom is 0.307 e. The standard InChI is InChI=1S/C20H28O5/c1-11(2)13-6-15(22)14-7-20(12(3)10-21)19(5,9-17(24)25-20)16(23)8-18(13,14)4/h7,11,13,16,21,23H,3,6,8-10H2,1-2,4-5H3/t13-,16-,18-,19+,20+/m1/s1. The first-order valence-electron chi connectivity index (χ1n) is 8.97. The zero-order chi connectivity index (χ0) is 18.8. The molecule has 5 nitrogen and oxygen atoms in total. The molecule has 0 spiro atoms. The average molecular weight is 348 g/mol. The lowest BCUT2D eigenvalue weighted by Crippen LogP contribution is -2.50. The molecule has 25 heavy (non-hydrogen) atoms. The maximum absolute atomic E-state index is 12.8. The monoisotopic (exact) mass is 348 g/mol. The fourth-order valence-electron chi connectivity index (χ4n) is 5.38. The lowest BCUT2D eigenvalue weighted by Gasteiger charge is -2.43. The van der Waals surface area contributed by atoms with Crippen LogP contribution in [0, 0.1) is 22.7 Å². The number of fused-ring (bicyclic) bond motifs is 2. The molecule has 0 bridgehead atoms. The van der Waals surface area contributed by atoms with Gasteiger partial charge in [0.15, 0.2) is 11.4 Å². The summed E-state index contributed by atoms with van der Waals surface area (Å²) in [6, 6.07) is 0. The van der Waals surface area contributed by atoms with E-state index >= 15 is 0 Å². The number of Topliss-reactive ketones (excluding diaryl/α,β-unsaturated/α-hetero) is 1. The molecule has 0 aromatic rings. The van der Waals surface area contributed by atoms with E-state index in [4.69, 9.17) is 4.74 Å². The van der Waals surface area contributed by atoms with Crippen LogP contribution in [0.5, 0.6) is 0 Å². The van der Waals surface area contributed by atoms with Gasteiger partial charge in [-0.3, -0.25) is 9.59 Å². The third kappa shape index (κ3) is 2.21. The minimum Gasteiger partial charge on any atom is -0.449 e. The van der Waals surface area contributed by atoms with Gasteiger partial charge in [0.2, 0.25) is 0 Å². The molecule has 0 unspecified atom stereocenters. The summed E-state index contributed by atoms with van der Waals surface area (Å²) in [4.78, 5) is 25.0. The Hall–Kier alpha value is -1.46. The number of esters is 1. The molecule has 0 amide bonds. The molecule has 0 aromatic heterocycles. The SMILES string of the molecule is C=C(CO)[C@@]12C=C3C(=O)C[C@H](C(C)C)[C@@]3(C)C[C@@H](O)[C@]1(C)CC(=O)O2. The third-order valence-electron chi connectivity index (χ3n) is 7.00. The quantitative estimate of drug-likeness (QED) is 0.603. The zero-order valence-corrected chi connectivity index (χ0v) is 15.5. The van der Waals surface area contributed by atoms with Crippen molar-refractivity contribution in [2.24, 2.45) is 22.7 Å². The van der Waals surface area contributed by atoms with Crippen LogP contribution in [0.3, 0.4) is 0 Å². The number of aliphatic hydroxyl groups is 2. The first-order chi connectivity index (χ1) is 11.5. The molecule has 2 N–H and O–H groups in total. The molecule has 1 saturated heterocycles. The number of aliphatic hydroxyl groups excluding tert-OH is 2. The topological polar surface area (TPSA) is 83.8 Å². The summed E-state index contributed by atoms with van der Waals surface area (Å²) >= 11 is 0. The summed E-state index contributed by atoms with van der Waals surface area (Å²) in [5.41, 5.74) is -1.86. The Morgan fingerprint density at radius 3 is 2.60 bits per heavy atom. The van der Waals surface area contributed by atoms with Gasteiger partial charge in [-0.15, -0.1) is 0 Å². The minimum absolute atomic E-state index is 0.0331. The number of hydrogen-bond donors (Lipinski definition) is 2. The van der Waals surface area contributed by atoms with Crippen LogP contribution < -0.4 is 0 Å². The van der Waals surface area contributed by atoms with Crippen LogP contribution in [0.2, 0.25) is 0 Å². The van der Waals surface area contributed by atoms with E-state index < -0.39 is 28.5 Å². The largest absolute Gasteiger partial charge is 0.449 e. The van der Waals surface area contributed by atoms with Gasteiger partial charge in [0.25, 0.3) is 0 Å². The van der Waals surface area contributed by atoms with E-state index in [1.807, 2.05) is 6.92 Å². The Labute approximate surface area is 148 Å². The molecule has 3 aliphatic rings. The van der Waals surface area contributed by atoms with Crippen molar-refractivity contribution in [1.82, 2.24) is 0 Å². The van der Waals surface area contributed by atoms with Crippen LogP contribution in [0.15, 0.2) is 23.8 Å². The number of carbonyl (C=O) groups is 2. The number of rotatable bonds is 3. The lowest BCUT2D eigenvalue weighted by atomic mass is 9.64. The second-order valence-corrected chi connectivity index (χ2v) is 8.74. The van der Waals surface area contributed by atoms with Gasteiger partial charge in [0, 0.05) is 17.4 Å². The van der Waals surface area contributed by atoms with Crippen LogP contribution >= 0.6 is 0 Å². The molecule has 5 atom stereocenters. The first-order valence-corrected chi connectivity index (χ1v) is 8.97. The predicted molar refractivity (Wildman–Crippen MR) is 92.5 cm³/mol. The van der Waals surface area contributed by atoms with Gasteiger partial charge in [-0.1, -0.05) is 34.3 Å². The first kappa shape index (κ1) is 18.3. The number of hydrogen-bond acceptors (Lipinski definition) is 5. The summed E-state index contributed by atoms with van der Waals surface area (Å²) < 4.78 is 5.67. The van der Waals surface area contributed by atoms with E-state index in [2.05, 4.69) is 20.4 Å². The average Bonchev–Trinajstić information content (AvgIpc) is 2.90. The molecule has 1 heterocycles. The Balaban J connectivity index is 2.27. The van der Waals surface area contributed by atoms with Crippen molar-refractivity contribution >= 4 is 11.8 Å². The Morgan fingerprint density at radius 1 is 1.40 bits per heavy atom. The van der Waals surface area contributed by atoms with Crippen LogP contribution in [0.1, 0.15) is 47.0 Å². The van der Waals surface area contributed by atoms with Gasteiger partial charge in [-0.2, -0.15) is 0 Å². The summed E-state index contributed by atoms with van der Waals surface area (Å²) in [6.45, 7) is 11.5. The highest BCUT2D eigenvalue weighted by molar-refractivity contribution is 6.00.